The van der Waals surface area contributed by atoms with Crippen LogP contribution in [0.4, 0.5) is 5.82 Å². The molecule has 0 spiro atoms. The van der Waals surface area contributed by atoms with E-state index in [0.717, 1.165) is 33.5 Å². The van der Waals surface area contributed by atoms with Gasteiger partial charge in [-0.05, 0) is 31.2 Å². The third kappa shape index (κ3) is 2.55. The van der Waals surface area contributed by atoms with Crippen LogP contribution < -0.4 is 5.43 Å². The second-order valence-electron chi connectivity index (χ2n) is 5.47. The monoisotopic (exact) mass is 300 g/mol. The van der Waals surface area contributed by atoms with Crippen molar-refractivity contribution >= 4 is 33.8 Å². The van der Waals surface area contributed by atoms with Crippen LogP contribution in [0.2, 0.25) is 0 Å². The number of fused-ring (bicyclic) bond motifs is 2. The molecular weight excluding hydrogens is 284 g/mol. The highest BCUT2D eigenvalue weighted by molar-refractivity contribution is 6.00. The first-order chi connectivity index (χ1) is 11.3. The van der Waals surface area contributed by atoms with Crippen molar-refractivity contribution in [3.8, 4) is 0 Å². The fourth-order valence-electron chi connectivity index (χ4n) is 2.76. The van der Waals surface area contributed by atoms with E-state index in [2.05, 4.69) is 39.6 Å². The summed E-state index contributed by atoms with van der Waals surface area (Å²) in [4.78, 5) is 7.91. The zero-order valence-electron chi connectivity index (χ0n) is 12.7. The lowest BCUT2D eigenvalue weighted by molar-refractivity contribution is 1.25. The number of rotatable bonds is 3. The van der Waals surface area contributed by atoms with Crippen molar-refractivity contribution in [2.24, 2.45) is 5.10 Å². The van der Waals surface area contributed by atoms with Crippen LogP contribution >= 0.6 is 0 Å². The number of anilines is 1. The van der Waals surface area contributed by atoms with E-state index in [1.807, 2.05) is 54.7 Å². The van der Waals surface area contributed by atoms with Crippen LogP contribution in [-0.4, -0.2) is 16.2 Å². The van der Waals surface area contributed by atoms with Gasteiger partial charge in [-0.3, -0.25) is 5.43 Å². The number of nitrogens with one attached hydrogen (secondary N) is 2. The van der Waals surface area contributed by atoms with Crippen molar-refractivity contribution in [1.29, 1.82) is 0 Å². The van der Waals surface area contributed by atoms with E-state index in [4.69, 9.17) is 0 Å². The minimum absolute atomic E-state index is 0.734. The molecule has 0 fully saturated rings. The predicted octanol–water partition coefficient (Wildman–Crippen LogP) is 4.47. The molecule has 2 N–H and O–H groups in total. The van der Waals surface area contributed by atoms with Gasteiger partial charge in [0.25, 0.3) is 0 Å². The molecule has 2 aromatic heterocycles. The molecule has 0 bridgehead atoms. The molecule has 4 aromatic rings. The van der Waals surface area contributed by atoms with Crippen molar-refractivity contribution in [3.63, 3.8) is 0 Å². The highest BCUT2D eigenvalue weighted by Gasteiger charge is 2.05. The van der Waals surface area contributed by atoms with Crippen LogP contribution in [0.3, 0.4) is 0 Å². The normalized spacial score (nSPS) is 11.5. The first-order valence-electron chi connectivity index (χ1n) is 7.53. The Kier molecular flexibility index (Phi) is 3.27. The Morgan fingerprint density at radius 3 is 2.78 bits per heavy atom. The molecule has 4 heteroatoms. The minimum Gasteiger partial charge on any atom is -0.358 e. The average molecular weight is 300 g/mol. The van der Waals surface area contributed by atoms with Gasteiger partial charge in [0, 0.05) is 27.5 Å². The molecule has 112 valence electrons. The number of para-hydroxylation sites is 2. The number of hydrogen-bond donors (Lipinski definition) is 2. The standard InChI is InChI=1S/C19H16N4/c1-13-16(15-7-3-5-9-18(15)21-13)12-20-23-19-11-10-14-6-2-4-8-17(14)22-19/h2-12,21H,1H3,(H,22,23)/b20-12-. The third-order valence-corrected chi connectivity index (χ3v) is 3.91. The quantitative estimate of drug-likeness (QED) is 0.433. The summed E-state index contributed by atoms with van der Waals surface area (Å²) in [6.07, 6.45) is 1.84. The number of H-pyrrole nitrogens is 1. The summed E-state index contributed by atoms with van der Waals surface area (Å²) in [7, 11) is 0. The molecule has 0 amide bonds. The molecule has 0 aliphatic carbocycles. The van der Waals surface area contributed by atoms with Crippen LogP contribution in [0, 0.1) is 6.92 Å². The lowest BCUT2D eigenvalue weighted by Crippen LogP contribution is -1.94. The zero-order chi connectivity index (χ0) is 15.6. The van der Waals surface area contributed by atoms with Crippen LogP contribution in [-0.2, 0) is 0 Å². The molecule has 4 nitrogen and oxygen atoms in total. The lowest BCUT2D eigenvalue weighted by atomic mass is 10.1. The van der Waals surface area contributed by atoms with Crippen LogP contribution in [0.1, 0.15) is 11.3 Å². The van der Waals surface area contributed by atoms with Gasteiger partial charge in [0.05, 0.1) is 11.7 Å². The average Bonchev–Trinajstić information content (AvgIpc) is 2.90. The summed E-state index contributed by atoms with van der Waals surface area (Å²) in [6, 6.07) is 20.2. The van der Waals surface area contributed by atoms with E-state index in [1.165, 1.54) is 5.39 Å². The molecule has 0 aliphatic heterocycles. The number of aromatic nitrogens is 2. The smallest absolute Gasteiger partial charge is 0.146 e. The molecule has 0 radical (unpaired) electrons. The summed E-state index contributed by atoms with van der Waals surface area (Å²) in [5.74, 6) is 0.734. The molecule has 4 rings (SSSR count). The molecule has 23 heavy (non-hydrogen) atoms. The molecule has 0 aliphatic rings. The molecule has 2 heterocycles. The number of benzene rings is 2. The maximum Gasteiger partial charge on any atom is 0.146 e. The van der Waals surface area contributed by atoms with Gasteiger partial charge in [-0.15, -0.1) is 0 Å². The van der Waals surface area contributed by atoms with Crippen LogP contribution in [0.15, 0.2) is 65.8 Å². The van der Waals surface area contributed by atoms with Gasteiger partial charge in [0.1, 0.15) is 5.82 Å². The number of aryl methyl sites for hydroxylation is 1. The second kappa shape index (κ2) is 5.57. The summed E-state index contributed by atoms with van der Waals surface area (Å²) >= 11 is 0. The molecule has 0 saturated heterocycles. The Morgan fingerprint density at radius 1 is 1.00 bits per heavy atom. The summed E-state index contributed by atoms with van der Waals surface area (Å²) in [5, 5.41) is 6.63. The second-order valence-corrected chi connectivity index (χ2v) is 5.47. The molecule has 0 atom stereocenters. The zero-order valence-corrected chi connectivity index (χ0v) is 12.7. The minimum atomic E-state index is 0.734. The first kappa shape index (κ1) is 13.5. The Bertz CT molecular complexity index is 1010. The Balaban J connectivity index is 1.61. The van der Waals surface area contributed by atoms with Crippen molar-refractivity contribution < 1.29 is 0 Å². The van der Waals surface area contributed by atoms with Gasteiger partial charge in [-0.1, -0.05) is 36.4 Å². The molecule has 0 saturated carbocycles. The number of hydrazone groups is 1. The highest BCUT2D eigenvalue weighted by Crippen LogP contribution is 2.20. The Labute approximate surface area is 133 Å². The molecule has 2 aromatic carbocycles. The number of hydrogen-bond acceptors (Lipinski definition) is 3. The first-order valence-corrected chi connectivity index (χ1v) is 7.53. The lowest BCUT2D eigenvalue weighted by Gasteiger charge is -2.01. The van der Waals surface area contributed by atoms with E-state index in [1.54, 1.807) is 0 Å². The van der Waals surface area contributed by atoms with Crippen LogP contribution in [0.25, 0.3) is 21.8 Å². The van der Waals surface area contributed by atoms with Crippen LogP contribution in [0.5, 0.6) is 0 Å². The Morgan fingerprint density at radius 2 is 1.83 bits per heavy atom. The van der Waals surface area contributed by atoms with E-state index >= 15 is 0 Å². The SMILES string of the molecule is Cc1[nH]c2ccccc2c1/C=N\Nc1ccc2ccccc2n1. The van der Waals surface area contributed by atoms with Gasteiger partial charge in [0.15, 0.2) is 0 Å². The topological polar surface area (TPSA) is 53.1 Å². The number of nitrogens with zero attached hydrogens (tertiary/aromatic N) is 2. The van der Waals surface area contributed by atoms with Gasteiger partial charge in [-0.25, -0.2) is 4.98 Å². The van der Waals surface area contributed by atoms with E-state index < -0.39 is 0 Å². The predicted molar refractivity (Wildman–Crippen MR) is 96.0 cm³/mol. The highest BCUT2D eigenvalue weighted by atomic mass is 15.3. The third-order valence-electron chi connectivity index (χ3n) is 3.91. The molecular formula is C19H16N4. The van der Waals surface area contributed by atoms with E-state index in [-0.39, 0.29) is 0 Å². The largest absolute Gasteiger partial charge is 0.358 e. The maximum atomic E-state index is 4.55. The Hall–Kier alpha value is -3.14. The maximum absolute atomic E-state index is 4.55. The van der Waals surface area contributed by atoms with Gasteiger partial charge < -0.3 is 4.98 Å². The summed E-state index contributed by atoms with van der Waals surface area (Å²) in [6.45, 7) is 2.05. The van der Waals surface area contributed by atoms with E-state index in [9.17, 15) is 0 Å². The summed E-state index contributed by atoms with van der Waals surface area (Å²) in [5.41, 5.74) is 7.28. The van der Waals surface area contributed by atoms with E-state index in [0.29, 0.717) is 0 Å². The number of pyridine rings is 1. The van der Waals surface area contributed by atoms with Gasteiger partial charge >= 0.3 is 0 Å². The fraction of sp³-hybridized carbons (Fsp3) is 0.0526. The fourth-order valence-corrected chi connectivity index (χ4v) is 2.76. The summed E-state index contributed by atoms with van der Waals surface area (Å²) < 4.78 is 0. The van der Waals surface area contributed by atoms with Crippen molar-refractivity contribution in [1.82, 2.24) is 9.97 Å². The molecule has 0 unspecified atom stereocenters. The van der Waals surface area contributed by atoms with Crippen molar-refractivity contribution in [2.45, 2.75) is 6.92 Å². The van der Waals surface area contributed by atoms with Crippen molar-refractivity contribution in [2.75, 3.05) is 5.43 Å². The number of aromatic amines is 1. The van der Waals surface area contributed by atoms with Crippen molar-refractivity contribution in [3.05, 3.63) is 71.9 Å². The van der Waals surface area contributed by atoms with Gasteiger partial charge in [-0.2, -0.15) is 5.10 Å². The van der Waals surface area contributed by atoms with Gasteiger partial charge in [0.2, 0.25) is 0 Å².